The smallest absolute Gasteiger partial charge is 0.407 e. The number of hydrogen-bond acceptors (Lipinski definition) is 5. The SMILES string of the molecule is CC1(C2CC(COc3c(F)cc(N4CCN(S(C)(=O)=O)CC4=O)cc3F)CCN2C(=O)O)CC1. The van der Waals surface area contributed by atoms with Gasteiger partial charge in [0.25, 0.3) is 0 Å². The number of likely N-dealkylation sites (tertiary alicyclic amines) is 1. The normalized spacial score (nSPS) is 25.4. The van der Waals surface area contributed by atoms with Gasteiger partial charge in [0, 0.05) is 43.5 Å². The van der Waals surface area contributed by atoms with Crippen molar-refractivity contribution in [3.63, 3.8) is 0 Å². The Bertz CT molecular complexity index is 1070. The van der Waals surface area contributed by atoms with Gasteiger partial charge in [-0.05, 0) is 37.0 Å². The third kappa shape index (κ3) is 4.97. The molecule has 12 heteroatoms. The summed E-state index contributed by atoms with van der Waals surface area (Å²) in [6, 6.07) is 1.88. The number of piperidine rings is 1. The Morgan fingerprint density at radius 3 is 2.38 bits per heavy atom. The number of anilines is 1. The largest absolute Gasteiger partial charge is 0.487 e. The number of benzene rings is 1. The Kier molecular flexibility index (Phi) is 6.49. The molecule has 0 radical (unpaired) electrons. The lowest BCUT2D eigenvalue weighted by Gasteiger charge is -2.41. The van der Waals surface area contributed by atoms with Crippen molar-refractivity contribution >= 4 is 27.7 Å². The van der Waals surface area contributed by atoms with Gasteiger partial charge in [0.05, 0.1) is 19.4 Å². The summed E-state index contributed by atoms with van der Waals surface area (Å²) in [7, 11) is -3.54. The van der Waals surface area contributed by atoms with Crippen molar-refractivity contribution in [1.29, 1.82) is 0 Å². The molecule has 1 saturated carbocycles. The molecule has 0 bridgehead atoms. The lowest BCUT2D eigenvalue weighted by molar-refractivity contribution is -0.119. The molecule has 2 heterocycles. The fraction of sp³-hybridized carbons (Fsp3) is 0.636. The molecule has 0 spiro atoms. The molecule has 34 heavy (non-hydrogen) atoms. The van der Waals surface area contributed by atoms with Gasteiger partial charge in [-0.1, -0.05) is 6.92 Å². The molecule has 9 nitrogen and oxygen atoms in total. The second-order valence-corrected chi connectivity index (χ2v) is 11.7. The lowest BCUT2D eigenvalue weighted by atomic mass is 9.83. The van der Waals surface area contributed by atoms with Gasteiger partial charge in [-0.3, -0.25) is 4.79 Å². The van der Waals surface area contributed by atoms with Crippen molar-refractivity contribution in [2.75, 3.05) is 43.9 Å². The van der Waals surface area contributed by atoms with E-state index in [0.717, 1.165) is 40.4 Å². The van der Waals surface area contributed by atoms with Crippen LogP contribution in [0.25, 0.3) is 0 Å². The molecule has 4 rings (SSSR count). The Morgan fingerprint density at radius 1 is 1.21 bits per heavy atom. The van der Waals surface area contributed by atoms with Crippen molar-refractivity contribution in [2.24, 2.45) is 11.3 Å². The Morgan fingerprint density at radius 2 is 1.85 bits per heavy atom. The topological polar surface area (TPSA) is 107 Å². The molecule has 3 aliphatic rings. The van der Waals surface area contributed by atoms with Crippen LogP contribution in [0, 0.1) is 23.0 Å². The van der Waals surface area contributed by atoms with E-state index in [4.69, 9.17) is 4.74 Å². The molecule has 1 aliphatic carbocycles. The van der Waals surface area contributed by atoms with Gasteiger partial charge < -0.3 is 19.6 Å². The number of carboxylic acid groups (broad SMARTS) is 1. The third-order valence-electron chi connectivity index (χ3n) is 7.21. The number of carbonyl (C=O) groups is 2. The number of halogens is 2. The molecule has 1 aromatic rings. The number of piperazine rings is 1. The molecule has 0 aromatic heterocycles. The van der Waals surface area contributed by atoms with E-state index in [1.165, 1.54) is 4.90 Å². The highest BCUT2D eigenvalue weighted by Crippen LogP contribution is 2.53. The average Bonchev–Trinajstić information content (AvgIpc) is 3.50. The van der Waals surface area contributed by atoms with E-state index in [1.54, 1.807) is 0 Å². The Balaban J connectivity index is 1.41. The zero-order valence-electron chi connectivity index (χ0n) is 19.2. The quantitative estimate of drug-likeness (QED) is 0.642. The summed E-state index contributed by atoms with van der Waals surface area (Å²) in [5.74, 6) is -3.07. The second-order valence-electron chi connectivity index (χ2n) is 9.73. The highest BCUT2D eigenvalue weighted by Gasteiger charge is 2.50. The van der Waals surface area contributed by atoms with Gasteiger partial charge in [-0.2, -0.15) is 4.31 Å². The summed E-state index contributed by atoms with van der Waals surface area (Å²) < 4.78 is 59.3. The predicted molar refractivity (Wildman–Crippen MR) is 119 cm³/mol. The van der Waals surface area contributed by atoms with Crippen LogP contribution in [0.5, 0.6) is 5.75 Å². The maximum Gasteiger partial charge on any atom is 0.407 e. The minimum absolute atomic E-state index is 0.00279. The van der Waals surface area contributed by atoms with Crippen LogP contribution in [0.15, 0.2) is 12.1 Å². The van der Waals surface area contributed by atoms with Gasteiger partial charge in [0.1, 0.15) is 0 Å². The fourth-order valence-electron chi connectivity index (χ4n) is 4.86. The van der Waals surface area contributed by atoms with Gasteiger partial charge in [0.2, 0.25) is 15.9 Å². The van der Waals surface area contributed by atoms with E-state index < -0.39 is 46.0 Å². The first-order valence-corrected chi connectivity index (χ1v) is 13.1. The number of nitrogens with zero attached hydrogens (tertiary/aromatic N) is 3. The summed E-state index contributed by atoms with van der Waals surface area (Å²) >= 11 is 0. The summed E-state index contributed by atoms with van der Waals surface area (Å²) in [6.45, 7) is 2.09. The minimum Gasteiger partial charge on any atom is -0.487 e. The molecule has 2 atom stereocenters. The first kappa shape index (κ1) is 24.6. The lowest BCUT2D eigenvalue weighted by Crippen LogP contribution is -2.52. The molecular formula is C22H29F2N3O6S. The van der Waals surface area contributed by atoms with E-state index in [9.17, 15) is 31.9 Å². The van der Waals surface area contributed by atoms with Crippen LogP contribution < -0.4 is 9.64 Å². The molecule has 3 fully saturated rings. The van der Waals surface area contributed by atoms with E-state index >= 15 is 0 Å². The van der Waals surface area contributed by atoms with Crippen LogP contribution in [0.3, 0.4) is 0 Å². The van der Waals surface area contributed by atoms with E-state index in [1.807, 2.05) is 0 Å². The molecule has 188 valence electrons. The summed E-state index contributed by atoms with van der Waals surface area (Å²) in [6.07, 6.45) is 3.08. The molecule has 1 aromatic carbocycles. The number of hydrogen-bond donors (Lipinski definition) is 1. The predicted octanol–water partition coefficient (Wildman–Crippen LogP) is 2.51. The maximum atomic E-state index is 14.8. The molecule has 2 amide bonds. The summed E-state index contributed by atoms with van der Waals surface area (Å²) in [4.78, 5) is 26.6. The van der Waals surface area contributed by atoms with Crippen molar-refractivity contribution in [3.05, 3.63) is 23.8 Å². The monoisotopic (exact) mass is 501 g/mol. The van der Waals surface area contributed by atoms with Gasteiger partial charge in [-0.25, -0.2) is 22.0 Å². The summed E-state index contributed by atoms with van der Waals surface area (Å²) in [5.41, 5.74) is -0.0555. The molecular weight excluding hydrogens is 472 g/mol. The van der Waals surface area contributed by atoms with Gasteiger partial charge in [-0.15, -0.1) is 0 Å². The first-order chi connectivity index (χ1) is 15.9. The molecule has 2 saturated heterocycles. The number of sulfonamides is 1. The van der Waals surface area contributed by atoms with Crippen LogP contribution >= 0.6 is 0 Å². The van der Waals surface area contributed by atoms with Crippen LogP contribution in [0.4, 0.5) is 19.3 Å². The van der Waals surface area contributed by atoms with E-state index in [2.05, 4.69) is 6.92 Å². The minimum atomic E-state index is -3.54. The third-order valence-corrected chi connectivity index (χ3v) is 8.46. The van der Waals surface area contributed by atoms with Crippen LogP contribution in [-0.4, -0.2) is 79.8 Å². The highest BCUT2D eigenvalue weighted by atomic mass is 32.2. The van der Waals surface area contributed by atoms with Crippen molar-refractivity contribution in [1.82, 2.24) is 9.21 Å². The molecule has 2 unspecified atom stereocenters. The zero-order chi connectivity index (χ0) is 24.8. The van der Waals surface area contributed by atoms with Crippen LogP contribution in [0.1, 0.15) is 32.6 Å². The molecule has 1 N–H and O–H groups in total. The van der Waals surface area contributed by atoms with Crippen molar-refractivity contribution in [2.45, 2.75) is 38.6 Å². The van der Waals surface area contributed by atoms with Gasteiger partial charge in [0.15, 0.2) is 17.4 Å². The first-order valence-electron chi connectivity index (χ1n) is 11.3. The maximum absolute atomic E-state index is 14.8. The highest BCUT2D eigenvalue weighted by molar-refractivity contribution is 7.88. The number of rotatable bonds is 6. The van der Waals surface area contributed by atoms with Crippen molar-refractivity contribution < 1.29 is 36.6 Å². The Labute approximate surface area is 197 Å². The van der Waals surface area contributed by atoms with E-state index in [-0.39, 0.29) is 42.8 Å². The standard InChI is InChI=1S/C22H29F2N3O6S/c1-22(4-5-22)18-9-14(3-6-27(18)21(29)30)13-33-20-16(23)10-15(11-17(20)24)26-8-7-25(12-19(26)28)34(2,31)32/h10-11,14,18H,3-9,12-13H2,1-2H3,(H,29,30). The zero-order valence-corrected chi connectivity index (χ0v) is 20.0. The number of amides is 2. The fourth-order valence-corrected chi connectivity index (χ4v) is 5.62. The second kappa shape index (κ2) is 8.95. The average molecular weight is 502 g/mol. The molecule has 2 aliphatic heterocycles. The number of ether oxygens (including phenoxy) is 1. The summed E-state index contributed by atoms with van der Waals surface area (Å²) in [5, 5.41) is 9.51. The van der Waals surface area contributed by atoms with Gasteiger partial charge >= 0.3 is 6.09 Å². The Hall–Kier alpha value is -2.47. The number of carbonyl (C=O) groups excluding carboxylic acids is 1. The van der Waals surface area contributed by atoms with Crippen molar-refractivity contribution in [3.8, 4) is 5.75 Å². The van der Waals surface area contributed by atoms with Crippen LogP contribution in [-0.2, 0) is 14.8 Å². The van der Waals surface area contributed by atoms with E-state index in [0.29, 0.717) is 19.4 Å². The van der Waals surface area contributed by atoms with Crippen LogP contribution in [0.2, 0.25) is 0 Å².